The number of hydrogen-bond donors (Lipinski definition) is 2. The van der Waals surface area contributed by atoms with E-state index in [4.69, 9.17) is 4.74 Å². The van der Waals surface area contributed by atoms with Gasteiger partial charge in [-0.05, 0) is 25.0 Å². The fourth-order valence-electron chi connectivity index (χ4n) is 2.96. The summed E-state index contributed by atoms with van der Waals surface area (Å²) in [6, 6.07) is 2.16. The lowest BCUT2D eigenvalue weighted by atomic mass is 9.95. The van der Waals surface area contributed by atoms with E-state index in [-0.39, 0.29) is 36.9 Å². The number of carbonyl (C=O) groups is 2. The average Bonchev–Trinajstić information content (AvgIpc) is 3.20. The van der Waals surface area contributed by atoms with Crippen LogP contribution in [-0.4, -0.2) is 42.9 Å². The van der Waals surface area contributed by atoms with Crippen molar-refractivity contribution in [1.29, 1.82) is 0 Å². The molecule has 3 rings (SSSR count). The molecule has 1 saturated carbocycles. The van der Waals surface area contributed by atoms with Crippen molar-refractivity contribution in [2.24, 2.45) is 0 Å². The van der Waals surface area contributed by atoms with Gasteiger partial charge in [0.05, 0.1) is 25.4 Å². The van der Waals surface area contributed by atoms with Crippen molar-refractivity contribution in [2.45, 2.75) is 31.3 Å². The lowest BCUT2D eigenvalue weighted by Gasteiger charge is -2.18. The molecule has 1 aromatic carbocycles. The van der Waals surface area contributed by atoms with Gasteiger partial charge in [-0.1, -0.05) is 0 Å². The van der Waals surface area contributed by atoms with Crippen LogP contribution in [0.25, 0.3) is 0 Å². The predicted octanol–water partition coefficient (Wildman–Crippen LogP) is 1.45. The van der Waals surface area contributed by atoms with Crippen molar-refractivity contribution in [3.63, 3.8) is 0 Å². The fourth-order valence-corrected chi connectivity index (χ4v) is 2.96. The second-order valence-corrected chi connectivity index (χ2v) is 6.28. The Bertz CT molecular complexity index is 668. The number of rotatable bonds is 5. The maximum atomic E-state index is 14.4. The second kappa shape index (κ2) is 6.01. The first-order chi connectivity index (χ1) is 11.4. The summed E-state index contributed by atoms with van der Waals surface area (Å²) < 4.78 is 33.8. The molecular weight excluding hydrogens is 322 g/mol. The fraction of sp³-hybridized carbons (Fsp3) is 0.500. The third kappa shape index (κ3) is 2.93. The van der Waals surface area contributed by atoms with Crippen LogP contribution in [0.2, 0.25) is 0 Å². The normalized spacial score (nSPS) is 21.6. The van der Waals surface area contributed by atoms with Crippen molar-refractivity contribution in [3.8, 4) is 0 Å². The predicted molar refractivity (Wildman–Crippen MR) is 80.7 cm³/mol. The summed E-state index contributed by atoms with van der Waals surface area (Å²) in [6.45, 7) is 1.24. The highest BCUT2D eigenvalue weighted by Gasteiger charge is 2.48. The third-order valence-corrected chi connectivity index (χ3v) is 4.48. The number of amides is 2. The number of nitrogens with one attached hydrogen (secondary N) is 1. The molecule has 1 aromatic rings. The maximum absolute atomic E-state index is 14.4. The molecule has 8 heteroatoms. The van der Waals surface area contributed by atoms with E-state index in [0.29, 0.717) is 12.8 Å². The van der Waals surface area contributed by atoms with Crippen LogP contribution in [0.1, 0.15) is 25.3 Å². The van der Waals surface area contributed by atoms with E-state index in [2.05, 4.69) is 5.32 Å². The van der Waals surface area contributed by atoms with Gasteiger partial charge in [0.1, 0.15) is 17.7 Å². The number of hydrogen-bond acceptors (Lipinski definition) is 4. The minimum absolute atomic E-state index is 0.0535. The van der Waals surface area contributed by atoms with Crippen molar-refractivity contribution in [2.75, 3.05) is 24.6 Å². The molecule has 0 aromatic heterocycles. The third-order valence-electron chi connectivity index (χ3n) is 4.48. The zero-order valence-electron chi connectivity index (χ0n) is 13.1. The Balaban J connectivity index is 1.80. The van der Waals surface area contributed by atoms with Crippen LogP contribution in [0.15, 0.2) is 12.1 Å². The molecule has 0 radical (unpaired) electrons. The van der Waals surface area contributed by atoms with Gasteiger partial charge in [0.2, 0.25) is 5.91 Å². The quantitative estimate of drug-likeness (QED) is 0.850. The van der Waals surface area contributed by atoms with Crippen LogP contribution < -0.4 is 10.2 Å². The molecule has 0 spiro atoms. The van der Waals surface area contributed by atoms with Crippen molar-refractivity contribution >= 4 is 17.7 Å². The molecule has 6 nitrogen and oxygen atoms in total. The Labute approximate surface area is 137 Å². The Morgan fingerprint density at radius 2 is 2.04 bits per heavy atom. The lowest BCUT2D eigenvalue weighted by molar-refractivity contribution is -0.119. The molecule has 1 heterocycles. The first-order valence-corrected chi connectivity index (χ1v) is 7.69. The van der Waals surface area contributed by atoms with Gasteiger partial charge in [0.25, 0.3) is 0 Å². The van der Waals surface area contributed by atoms with Crippen LogP contribution >= 0.6 is 0 Å². The van der Waals surface area contributed by atoms with Gasteiger partial charge in [-0.2, -0.15) is 0 Å². The Morgan fingerprint density at radius 1 is 1.42 bits per heavy atom. The smallest absolute Gasteiger partial charge is 0.414 e. The van der Waals surface area contributed by atoms with E-state index >= 15 is 0 Å². The second-order valence-electron chi connectivity index (χ2n) is 6.28. The first kappa shape index (κ1) is 16.6. The van der Waals surface area contributed by atoms with E-state index in [1.807, 2.05) is 0 Å². The number of nitrogens with zero attached hydrogens (tertiary/aromatic N) is 1. The standard InChI is InChI=1S/C16H18F2N2O4/c1-9(22)19-6-11-7-20(15(23)24-11)10-4-12(17)14(13(18)5-10)16(8-21)2-3-16/h4-5,11,21H,2-3,6-8H2,1H3,(H,19,22)/t11-/m0/s1. The largest absolute Gasteiger partial charge is 0.442 e. The van der Waals surface area contributed by atoms with Gasteiger partial charge in [0, 0.05) is 17.9 Å². The SMILES string of the molecule is CC(=O)NC[C@H]1CN(c2cc(F)c(C3(CO)CC3)c(F)c2)C(=O)O1. The van der Waals surface area contributed by atoms with Crippen LogP contribution in [0.5, 0.6) is 0 Å². The van der Waals surface area contributed by atoms with E-state index in [0.717, 1.165) is 17.0 Å². The Kier molecular flexibility index (Phi) is 4.16. The van der Waals surface area contributed by atoms with Crippen LogP contribution in [0.3, 0.4) is 0 Å². The molecule has 1 aliphatic heterocycles. The molecule has 1 aliphatic carbocycles. The summed E-state index contributed by atoms with van der Waals surface area (Å²) >= 11 is 0. The number of halogens is 2. The molecule has 2 N–H and O–H groups in total. The molecule has 1 atom stereocenters. The van der Waals surface area contributed by atoms with Crippen LogP contribution in [0, 0.1) is 11.6 Å². The molecule has 2 aliphatic rings. The van der Waals surface area contributed by atoms with Gasteiger partial charge < -0.3 is 15.2 Å². The van der Waals surface area contributed by atoms with E-state index < -0.39 is 29.2 Å². The topological polar surface area (TPSA) is 78.9 Å². The minimum Gasteiger partial charge on any atom is -0.442 e. The highest BCUT2D eigenvalue weighted by molar-refractivity contribution is 5.90. The lowest BCUT2D eigenvalue weighted by Crippen LogP contribution is -2.33. The van der Waals surface area contributed by atoms with Gasteiger partial charge >= 0.3 is 6.09 Å². The molecule has 1 saturated heterocycles. The molecule has 2 amide bonds. The summed E-state index contributed by atoms with van der Waals surface area (Å²) in [5.74, 6) is -1.83. The van der Waals surface area contributed by atoms with E-state index in [9.17, 15) is 23.5 Å². The minimum atomic E-state index is -0.841. The number of aliphatic hydroxyl groups excluding tert-OH is 1. The average molecular weight is 340 g/mol. The summed E-state index contributed by atoms with van der Waals surface area (Å²) in [7, 11) is 0. The highest BCUT2D eigenvalue weighted by Crippen LogP contribution is 2.50. The molecular formula is C16H18F2N2O4. The highest BCUT2D eigenvalue weighted by atomic mass is 19.1. The monoisotopic (exact) mass is 340 g/mol. The van der Waals surface area contributed by atoms with Crippen molar-refractivity contribution in [3.05, 3.63) is 29.3 Å². The van der Waals surface area contributed by atoms with Gasteiger partial charge in [0.15, 0.2) is 0 Å². The van der Waals surface area contributed by atoms with Gasteiger partial charge in [-0.15, -0.1) is 0 Å². The number of ether oxygens (including phenoxy) is 1. The van der Waals surface area contributed by atoms with Crippen molar-refractivity contribution in [1.82, 2.24) is 5.32 Å². The number of carbonyl (C=O) groups excluding carboxylic acids is 2. The molecule has 2 fully saturated rings. The van der Waals surface area contributed by atoms with E-state index in [1.165, 1.54) is 6.92 Å². The molecule has 0 unspecified atom stereocenters. The molecule has 24 heavy (non-hydrogen) atoms. The number of aliphatic hydroxyl groups is 1. The summed E-state index contributed by atoms with van der Waals surface area (Å²) in [6.07, 6.45) is -0.248. The number of benzene rings is 1. The van der Waals surface area contributed by atoms with Crippen molar-refractivity contribution < 1.29 is 28.2 Å². The summed E-state index contributed by atoms with van der Waals surface area (Å²) in [5, 5.41) is 11.9. The van der Waals surface area contributed by atoms with Gasteiger partial charge in [-0.3, -0.25) is 9.69 Å². The van der Waals surface area contributed by atoms with E-state index in [1.54, 1.807) is 0 Å². The molecule has 0 bridgehead atoms. The summed E-state index contributed by atoms with van der Waals surface area (Å²) in [4.78, 5) is 23.9. The number of anilines is 1. The first-order valence-electron chi connectivity index (χ1n) is 7.69. The van der Waals surface area contributed by atoms with Crippen LogP contribution in [0.4, 0.5) is 19.3 Å². The van der Waals surface area contributed by atoms with Crippen LogP contribution in [-0.2, 0) is 14.9 Å². The summed E-state index contributed by atoms with van der Waals surface area (Å²) in [5.41, 5.74) is -0.916. The number of cyclic esters (lactones) is 1. The zero-order valence-corrected chi connectivity index (χ0v) is 13.1. The molecule has 130 valence electrons. The Hall–Kier alpha value is -2.22. The maximum Gasteiger partial charge on any atom is 0.414 e. The van der Waals surface area contributed by atoms with Gasteiger partial charge in [-0.25, -0.2) is 13.6 Å². The Morgan fingerprint density at radius 3 is 2.54 bits per heavy atom. The zero-order chi connectivity index (χ0) is 17.5.